The van der Waals surface area contributed by atoms with Crippen molar-refractivity contribution < 1.29 is 0 Å². The van der Waals surface area contributed by atoms with Crippen molar-refractivity contribution in [2.24, 2.45) is 0 Å². The van der Waals surface area contributed by atoms with Crippen LogP contribution < -0.4 is 5.73 Å². The summed E-state index contributed by atoms with van der Waals surface area (Å²) in [7, 11) is 0. The van der Waals surface area contributed by atoms with Gasteiger partial charge in [0.15, 0.2) is 0 Å². The highest BCUT2D eigenvalue weighted by Crippen LogP contribution is 2.19. The van der Waals surface area contributed by atoms with Gasteiger partial charge in [-0.2, -0.15) is 5.10 Å². The molecule has 0 amide bonds. The monoisotopic (exact) mass is 175 g/mol. The zero-order chi connectivity index (χ0) is 9.26. The Balaban J connectivity index is 2.53. The summed E-state index contributed by atoms with van der Waals surface area (Å²) in [5, 5.41) is 6.60. The summed E-state index contributed by atoms with van der Waals surface area (Å²) >= 11 is 0. The van der Waals surface area contributed by atoms with Crippen molar-refractivity contribution in [1.29, 1.82) is 0 Å². The number of aryl methyl sites for hydroxylation is 1. The molecule has 2 aromatic heterocycles. The first-order valence-corrected chi connectivity index (χ1v) is 3.85. The number of aromatic amines is 1. The molecule has 0 aromatic carbocycles. The van der Waals surface area contributed by atoms with E-state index in [2.05, 4.69) is 20.2 Å². The zero-order valence-corrected chi connectivity index (χ0v) is 7.15. The number of nitrogens with two attached hydrogens (primary N) is 1. The molecule has 0 spiro atoms. The van der Waals surface area contributed by atoms with E-state index in [1.165, 1.54) is 6.33 Å². The van der Waals surface area contributed by atoms with Gasteiger partial charge in [0.2, 0.25) is 0 Å². The van der Waals surface area contributed by atoms with Crippen LogP contribution in [-0.2, 0) is 0 Å². The Hall–Kier alpha value is -1.91. The highest BCUT2D eigenvalue weighted by molar-refractivity contribution is 5.68. The molecule has 0 unspecified atom stereocenters. The minimum atomic E-state index is 0.595. The minimum Gasteiger partial charge on any atom is -0.396 e. The highest BCUT2D eigenvalue weighted by Gasteiger charge is 2.05. The van der Waals surface area contributed by atoms with Crippen LogP contribution in [0.25, 0.3) is 11.4 Å². The van der Waals surface area contributed by atoms with Crippen LogP contribution >= 0.6 is 0 Å². The second-order valence-electron chi connectivity index (χ2n) is 2.74. The summed E-state index contributed by atoms with van der Waals surface area (Å²) in [5.74, 6) is 0. The van der Waals surface area contributed by atoms with E-state index < -0.39 is 0 Å². The molecule has 0 radical (unpaired) electrons. The molecule has 2 rings (SSSR count). The number of anilines is 1. The van der Waals surface area contributed by atoms with Crippen LogP contribution in [0.2, 0.25) is 0 Å². The fourth-order valence-electron chi connectivity index (χ4n) is 1.09. The number of nitrogens with one attached hydrogen (secondary N) is 1. The third-order valence-electron chi connectivity index (χ3n) is 1.73. The Morgan fingerprint density at radius 2 is 2.23 bits per heavy atom. The number of hydrogen-bond donors (Lipinski definition) is 2. The molecule has 0 fully saturated rings. The normalized spacial score (nSPS) is 10.2. The van der Waals surface area contributed by atoms with E-state index in [0.29, 0.717) is 5.69 Å². The van der Waals surface area contributed by atoms with Crippen molar-refractivity contribution in [2.75, 3.05) is 5.73 Å². The van der Waals surface area contributed by atoms with Crippen molar-refractivity contribution in [3.05, 3.63) is 24.3 Å². The lowest BCUT2D eigenvalue weighted by Gasteiger charge is -1.98. The predicted octanol–water partition coefficient (Wildman–Crippen LogP) is 0.757. The Kier molecular flexibility index (Phi) is 1.70. The van der Waals surface area contributed by atoms with Crippen LogP contribution in [0, 0.1) is 6.92 Å². The summed E-state index contributed by atoms with van der Waals surface area (Å²) in [6.07, 6.45) is 3.07. The first kappa shape index (κ1) is 7.72. The SMILES string of the molecule is Cc1cc(-c2[nH]ncc2N)ncn1. The zero-order valence-electron chi connectivity index (χ0n) is 7.15. The largest absolute Gasteiger partial charge is 0.396 e. The Morgan fingerprint density at radius 1 is 1.38 bits per heavy atom. The first-order chi connectivity index (χ1) is 6.27. The number of rotatable bonds is 1. The quantitative estimate of drug-likeness (QED) is 0.670. The van der Waals surface area contributed by atoms with Crippen molar-refractivity contribution in [2.45, 2.75) is 6.92 Å². The van der Waals surface area contributed by atoms with Crippen LogP contribution in [0.15, 0.2) is 18.6 Å². The van der Waals surface area contributed by atoms with Gasteiger partial charge in [0.1, 0.15) is 12.0 Å². The van der Waals surface area contributed by atoms with Crippen molar-refractivity contribution in [1.82, 2.24) is 20.2 Å². The van der Waals surface area contributed by atoms with E-state index in [1.54, 1.807) is 6.20 Å². The smallest absolute Gasteiger partial charge is 0.116 e. The van der Waals surface area contributed by atoms with Gasteiger partial charge in [0.25, 0.3) is 0 Å². The molecule has 5 heteroatoms. The molecule has 66 valence electrons. The molecule has 2 heterocycles. The molecule has 3 N–H and O–H groups in total. The maximum atomic E-state index is 5.67. The molecule has 0 aliphatic rings. The Morgan fingerprint density at radius 3 is 2.85 bits per heavy atom. The summed E-state index contributed by atoms with van der Waals surface area (Å²) in [6.45, 7) is 1.90. The second-order valence-corrected chi connectivity index (χ2v) is 2.74. The number of aromatic nitrogens is 4. The minimum absolute atomic E-state index is 0.595. The predicted molar refractivity (Wildman–Crippen MR) is 48.8 cm³/mol. The van der Waals surface area contributed by atoms with E-state index in [1.807, 2.05) is 13.0 Å². The van der Waals surface area contributed by atoms with Gasteiger partial charge in [0.05, 0.1) is 17.6 Å². The second kappa shape index (κ2) is 2.85. The maximum Gasteiger partial charge on any atom is 0.116 e. The lowest BCUT2D eigenvalue weighted by atomic mass is 10.2. The molecular formula is C8H9N5. The van der Waals surface area contributed by atoms with Gasteiger partial charge >= 0.3 is 0 Å². The van der Waals surface area contributed by atoms with Crippen molar-refractivity contribution >= 4 is 5.69 Å². The number of nitrogen functional groups attached to an aromatic ring is 1. The molecule has 0 bridgehead atoms. The van der Waals surface area contributed by atoms with Crippen molar-refractivity contribution in [3.63, 3.8) is 0 Å². The van der Waals surface area contributed by atoms with E-state index in [0.717, 1.165) is 17.1 Å². The average Bonchev–Trinajstić information content (AvgIpc) is 2.51. The topological polar surface area (TPSA) is 80.5 Å². The maximum absolute atomic E-state index is 5.67. The van der Waals surface area contributed by atoms with Crippen LogP contribution in [-0.4, -0.2) is 20.2 Å². The molecule has 13 heavy (non-hydrogen) atoms. The molecule has 0 saturated carbocycles. The highest BCUT2D eigenvalue weighted by atomic mass is 15.1. The summed E-state index contributed by atoms with van der Waals surface area (Å²) in [4.78, 5) is 8.07. The molecule has 2 aromatic rings. The van der Waals surface area contributed by atoms with Crippen molar-refractivity contribution in [3.8, 4) is 11.4 Å². The summed E-state index contributed by atoms with van der Waals surface area (Å²) in [6, 6.07) is 1.85. The van der Waals surface area contributed by atoms with E-state index in [4.69, 9.17) is 5.73 Å². The van der Waals surface area contributed by atoms with Gasteiger partial charge in [0, 0.05) is 5.69 Å². The Bertz CT molecular complexity index is 420. The molecule has 0 aliphatic carbocycles. The molecule has 5 nitrogen and oxygen atoms in total. The average molecular weight is 175 g/mol. The van der Waals surface area contributed by atoms with E-state index in [-0.39, 0.29) is 0 Å². The van der Waals surface area contributed by atoms with Gasteiger partial charge < -0.3 is 5.73 Å². The third-order valence-corrected chi connectivity index (χ3v) is 1.73. The van der Waals surface area contributed by atoms with Gasteiger partial charge in [-0.1, -0.05) is 0 Å². The third kappa shape index (κ3) is 1.35. The molecule has 0 atom stereocenters. The fourth-order valence-corrected chi connectivity index (χ4v) is 1.09. The van der Waals surface area contributed by atoms with Crippen LogP contribution in [0.3, 0.4) is 0 Å². The van der Waals surface area contributed by atoms with Gasteiger partial charge in [-0.3, -0.25) is 5.10 Å². The lowest BCUT2D eigenvalue weighted by Crippen LogP contribution is -1.91. The van der Waals surface area contributed by atoms with E-state index in [9.17, 15) is 0 Å². The van der Waals surface area contributed by atoms with Gasteiger partial charge in [-0.05, 0) is 13.0 Å². The van der Waals surface area contributed by atoms with Crippen LogP contribution in [0.5, 0.6) is 0 Å². The lowest BCUT2D eigenvalue weighted by molar-refractivity contribution is 1.06. The molecular weight excluding hydrogens is 166 g/mol. The number of H-pyrrole nitrogens is 1. The van der Waals surface area contributed by atoms with Gasteiger partial charge in [-0.15, -0.1) is 0 Å². The molecule has 0 aliphatic heterocycles. The van der Waals surface area contributed by atoms with Crippen LogP contribution in [0.1, 0.15) is 5.69 Å². The van der Waals surface area contributed by atoms with E-state index >= 15 is 0 Å². The summed E-state index contributed by atoms with van der Waals surface area (Å²) < 4.78 is 0. The number of nitrogens with zero attached hydrogens (tertiary/aromatic N) is 3. The summed E-state index contributed by atoms with van der Waals surface area (Å²) in [5.41, 5.74) is 8.67. The standard InChI is InChI=1S/C8H9N5/c1-5-2-7(11-4-10-5)8-6(9)3-12-13-8/h2-4H,9H2,1H3,(H,12,13). The fraction of sp³-hybridized carbons (Fsp3) is 0.125. The molecule has 0 saturated heterocycles. The van der Waals surface area contributed by atoms with Crippen LogP contribution in [0.4, 0.5) is 5.69 Å². The Labute approximate surface area is 75.0 Å². The first-order valence-electron chi connectivity index (χ1n) is 3.85. The van der Waals surface area contributed by atoms with Gasteiger partial charge in [-0.25, -0.2) is 9.97 Å². The number of hydrogen-bond acceptors (Lipinski definition) is 4.